The molecule has 2 saturated heterocycles. The SMILES string of the molecule is O=C1CCCN1Cc1ccc(C(=O)N2CCC[C@H]2c2nc3ccccc3s2)cc1. The summed E-state index contributed by atoms with van der Waals surface area (Å²) in [5.74, 6) is 0.288. The zero-order valence-electron chi connectivity index (χ0n) is 16.2. The summed E-state index contributed by atoms with van der Waals surface area (Å²) in [7, 11) is 0. The lowest BCUT2D eigenvalue weighted by atomic mass is 10.1. The fourth-order valence-electron chi connectivity index (χ4n) is 4.31. The minimum absolute atomic E-state index is 0.0572. The summed E-state index contributed by atoms with van der Waals surface area (Å²) >= 11 is 1.69. The molecule has 0 N–H and O–H groups in total. The zero-order valence-corrected chi connectivity index (χ0v) is 17.0. The Kier molecular flexibility index (Phi) is 4.79. The molecule has 2 aliphatic rings. The Balaban J connectivity index is 1.33. The number of hydrogen-bond donors (Lipinski definition) is 0. The van der Waals surface area contributed by atoms with E-state index in [1.54, 1.807) is 11.3 Å². The number of hydrogen-bond acceptors (Lipinski definition) is 4. The summed E-state index contributed by atoms with van der Waals surface area (Å²) in [5, 5.41) is 1.03. The molecule has 0 aliphatic carbocycles. The number of aromatic nitrogens is 1. The van der Waals surface area contributed by atoms with E-state index in [0.717, 1.165) is 48.4 Å². The highest BCUT2D eigenvalue weighted by Gasteiger charge is 2.32. The summed E-state index contributed by atoms with van der Waals surface area (Å²) in [5.41, 5.74) is 2.78. The highest BCUT2D eigenvalue weighted by molar-refractivity contribution is 7.18. The minimum Gasteiger partial charge on any atom is -0.338 e. The topological polar surface area (TPSA) is 53.5 Å². The highest BCUT2D eigenvalue weighted by Crippen LogP contribution is 2.37. The van der Waals surface area contributed by atoms with E-state index in [2.05, 4.69) is 6.07 Å². The van der Waals surface area contributed by atoms with Crippen LogP contribution in [-0.2, 0) is 11.3 Å². The van der Waals surface area contributed by atoms with Crippen LogP contribution in [0.2, 0.25) is 0 Å². The minimum atomic E-state index is 0.0572. The van der Waals surface area contributed by atoms with E-state index in [9.17, 15) is 9.59 Å². The maximum Gasteiger partial charge on any atom is 0.254 e. The molecule has 5 rings (SSSR count). The third-order valence-electron chi connectivity index (χ3n) is 5.85. The standard InChI is InChI=1S/C23H23N3O2S/c27-21-8-4-13-25(21)15-16-9-11-17(12-10-16)23(28)26-14-3-6-19(26)22-24-18-5-1-2-7-20(18)29-22/h1-2,5,7,9-12,19H,3-4,6,8,13-15H2/t19-/m0/s1. The van der Waals surface area contributed by atoms with Crippen molar-refractivity contribution in [2.45, 2.75) is 38.3 Å². The Morgan fingerprint density at radius 2 is 1.90 bits per heavy atom. The number of thiazole rings is 1. The van der Waals surface area contributed by atoms with E-state index in [1.165, 1.54) is 4.70 Å². The van der Waals surface area contributed by atoms with Crippen LogP contribution < -0.4 is 0 Å². The monoisotopic (exact) mass is 405 g/mol. The van der Waals surface area contributed by atoms with Gasteiger partial charge in [0.2, 0.25) is 5.91 Å². The van der Waals surface area contributed by atoms with Gasteiger partial charge in [0, 0.05) is 31.6 Å². The first-order valence-electron chi connectivity index (χ1n) is 10.2. The van der Waals surface area contributed by atoms with Crippen molar-refractivity contribution < 1.29 is 9.59 Å². The van der Waals surface area contributed by atoms with E-state index in [0.29, 0.717) is 18.5 Å². The van der Waals surface area contributed by atoms with Crippen molar-refractivity contribution in [2.75, 3.05) is 13.1 Å². The van der Waals surface area contributed by atoms with Gasteiger partial charge in [0.1, 0.15) is 5.01 Å². The Bertz CT molecular complexity index is 1030. The summed E-state index contributed by atoms with van der Waals surface area (Å²) < 4.78 is 1.17. The molecule has 3 heterocycles. The van der Waals surface area contributed by atoms with Crippen LogP contribution in [0.25, 0.3) is 10.2 Å². The normalized spacial score (nSPS) is 19.4. The van der Waals surface area contributed by atoms with E-state index in [4.69, 9.17) is 4.98 Å². The Hall–Kier alpha value is -2.73. The van der Waals surface area contributed by atoms with Crippen molar-refractivity contribution in [3.8, 4) is 0 Å². The molecule has 1 aromatic heterocycles. The van der Waals surface area contributed by atoms with Crippen molar-refractivity contribution in [2.24, 2.45) is 0 Å². The fraction of sp³-hybridized carbons (Fsp3) is 0.348. The molecule has 0 unspecified atom stereocenters. The van der Waals surface area contributed by atoms with Crippen LogP contribution in [0, 0.1) is 0 Å². The van der Waals surface area contributed by atoms with Gasteiger partial charge in [-0.25, -0.2) is 4.98 Å². The Morgan fingerprint density at radius 1 is 1.07 bits per heavy atom. The fourth-order valence-corrected chi connectivity index (χ4v) is 5.42. The number of carbonyl (C=O) groups excluding carboxylic acids is 2. The van der Waals surface area contributed by atoms with Gasteiger partial charge in [0.05, 0.1) is 16.3 Å². The van der Waals surface area contributed by atoms with E-state index in [1.807, 2.05) is 52.3 Å². The number of benzene rings is 2. The number of carbonyl (C=O) groups is 2. The Labute approximate surface area is 174 Å². The first-order chi connectivity index (χ1) is 14.2. The quantitative estimate of drug-likeness (QED) is 0.647. The van der Waals surface area contributed by atoms with Gasteiger partial charge in [0.15, 0.2) is 0 Å². The van der Waals surface area contributed by atoms with Crippen LogP contribution >= 0.6 is 11.3 Å². The molecule has 0 radical (unpaired) electrons. The van der Waals surface area contributed by atoms with Gasteiger partial charge in [-0.2, -0.15) is 0 Å². The lowest BCUT2D eigenvalue weighted by Gasteiger charge is -2.23. The summed E-state index contributed by atoms with van der Waals surface area (Å²) in [4.78, 5) is 33.7. The van der Waals surface area contributed by atoms with Crippen LogP contribution in [0.15, 0.2) is 48.5 Å². The van der Waals surface area contributed by atoms with Crippen LogP contribution in [0.4, 0.5) is 0 Å². The highest BCUT2D eigenvalue weighted by atomic mass is 32.1. The van der Waals surface area contributed by atoms with Gasteiger partial charge in [-0.3, -0.25) is 9.59 Å². The smallest absolute Gasteiger partial charge is 0.254 e. The second kappa shape index (κ2) is 7.59. The van der Waals surface area contributed by atoms with Crippen molar-refractivity contribution in [3.63, 3.8) is 0 Å². The number of amides is 2. The molecule has 2 amide bonds. The zero-order chi connectivity index (χ0) is 19.8. The van der Waals surface area contributed by atoms with E-state index < -0.39 is 0 Å². The first-order valence-corrected chi connectivity index (χ1v) is 11.0. The molecule has 2 fully saturated rings. The summed E-state index contributed by atoms with van der Waals surface area (Å²) in [6.07, 6.45) is 3.55. The van der Waals surface area contributed by atoms with Gasteiger partial charge in [-0.05, 0) is 49.1 Å². The lowest BCUT2D eigenvalue weighted by molar-refractivity contribution is -0.128. The average Bonchev–Trinajstić information content (AvgIpc) is 3.47. The molecule has 0 bridgehead atoms. The summed E-state index contributed by atoms with van der Waals surface area (Å²) in [6, 6.07) is 15.9. The molecule has 29 heavy (non-hydrogen) atoms. The van der Waals surface area contributed by atoms with Crippen molar-refractivity contribution in [3.05, 3.63) is 64.7 Å². The van der Waals surface area contributed by atoms with Gasteiger partial charge in [-0.1, -0.05) is 24.3 Å². The molecule has 0 spiro atoms. The predicted molar refractivity (Wildman–Crippen MR) is 114 cm³/mol. The second-order valence-electron chi connectivity index (χ2n) is 7.79. The maximum absolute atomic E-state index is 13.2. The second-order valence-corrected chi connectivity index (χ2v) is 8.85. The van der Waals surface area contributed by atoms with Crippen molar-refractivity contribution in [1.29, 1.82) is 0 Å². The van der Waals surface area contributed by atoms with Gasteiger partial charge in [-0.15, -0.1) is 11.3 Å². The molecule has 148 valence electrons. The molecule has 1 atom stereocenters. The van der Waals surface area contributed by atoms with E-state index >= 15 is 0 Å². The first kappa shape index (κ1) is 18.3. The van der Waals surface area contributed by atoms with Crippen LogP contribution in [-0.4, -0.2) is 39.7 Å². The largest absolute Gasteiger partial charge is 0.338 e. The number of para-hydroxylation sites is 1. The predicted octanol–water partition coefficient (Wildman–Crippen LogP) is 4.40. The lowest BCUT2D eigenvalue weighted by Crippen LogP contribution is -2.30. The summed E-state index contributed by atoms with van der Waals surface area (Å²) in [6.45, 7) is 2.23. The third-order valence-corrected chi connectivity index (χ3v) is 6.99. The molecule has 5 nitrogen and oxygen atoms in total. The van der Waals surface area contributed by atoms with Crippen molar-refractivity contribution >= 4 is 33.4 Å². The number of fused-ring (bicyclic) bond motifs is 1. The molecule has 2 aromatic carbocycles. The number of rotatable bonds is 4. The van der Waals surface area contributed by atoms with Crippen LogP contribution in [0.1, 0.15) is 52.7 Å². The molecule has 2 aliphatic heterocycles. The van der Waals surface area contributed by atoms with Crippen molar-refractivity contribution in [1.82, 2.24) is 14.8 Å². The molecule has 6 heteroatoms. The molecule has 3 aromatic rings. The van der Waals surface area contributed by atoms with Gasteiger partial charge < -0.3 is 9.80 Å². The molecule has 0 saturated carbocycles. The Morgan fingerprint density at radius 3 is 2.66 bits per heavy atom. The van der Waals surface area contributed by atoms with Gasteiger partial charge in [0.25, 0.3) is 5.91 Å². The van der Waals surface area contributed by atoms with Crippen LogP contribution in [0.3, 0.4) is 0 Å². The third kappa shape index (κ3) is 3.53. The number of nitrogens with zero attached hydrogens (tertiary/aromatic N) is 3. The molecular weight excluding hydrogens is 382 g/mol. The average molecular weight is 406 g/mol. The van der Waals surface area contributed by atoms with Gasteiger partial charge >= 0.3 is 0 Å². The van der Waals surface area contributed by atoms with Crippen LogP contribution in [0.5, 0.6) is 0 Å². The van der Waals surface area contributed by atoms with E-state index in [-0.39, 0.29) is 17.9 Å². The number of likely N-dealkylation sites (tertiary alicyclic amines) is 2. The maximum atomic E-state index is 13.2. The molecular formula is C23H23N3O2S.